The Morgan fingerprint density at radius 2 is 1.28 bits per heavy atom. The van der Waals surface area contributed by atoms with Crippen molar-refractivity contribution in [1.29, 1.82) is 0 Å². The van der Waals surface area contributed by atoms with Gasteiger partial charge in [-0.15, -0.1) is 23.5 Å². The largest absolute Gasteiger partial charge is 1.00 e. The molecular weight excluding hydrogens is 510 g/mol. The highest BCUT2D eigenvalue weighted by Gasteiger charge is 2.30. The Hall–Kier alpha value is -2.48. The number of amides is 2. The van der Waals surface area contributed by atoms with Gasteiger partial charge in [0.2, 0.25) is 0 Å². The molecule has 0 saturated carbocycles. The number of nitrogens with one attached hydrogen (secondary N) is 2. The molecule has 1 aliphatic rings. The second kappa shape index (κ2) is 12.7. The Kier molecular flexibility index (Phi) is 9.88. The molecule has 0 aliphatic carbocycles. The zero-order valence-electron chi connectivity index (χ0n) is 21.1. The maximum atomic E-state index is 12.8. The molecule has 3 aromatic rings. The van der Waals surface area contributed by atoms with Gasteiger partial charge in [0.25, 0.3) is 11.8 Å². The number of halogens is 1. The number of hydrogen-bond donors (Lipinski definition) is 2. The number of carbonyl (C=O) groups is 2. The van der Waals surface area contributed by atoms with Crippen molar-refractivity contribution in [3.8, 4) is 0 Å². The van der Waals surface area contributed by atoms with Gasteiger partial charge in [-0.05, 0) is 73.5 Å². The van der Waals surface area contributed by atoms with E-state index >= 15 is 0 Å². The molecule has 0 fully saturated rings. The van der Waals surface area contributed by atoms with Crippen LogP contribution in [0.2, 0.25) is 0 Å². The molecule has 0 spiro atoms. The van der Waals surface area contributed by atoms with Crippen molar-refractivity contribution in [2.75, 3.05) is 12.5 Å². The molecule has 8 heteroatoms. The Morgan fingerprint density at radius 3 is 1.75 bits per heavy atom. The van der Waals surface area contributed by atoms with Crippen LogP contribution in [-0.4, -0.2) is 24.3 Å². The van der Waals surface area contributed by atoms with E-state index in [-0.39, 0.29) is 24.2 Å². The molecule has 2 aromatic carbocycles. The van der Waals surface area contributed by atoms with Crippen LogP contribution in [0.1, 0.15) is 55.2 Å². The Bertz CT molecular complexity index is 1250. The first-order valence-corrected chi connectivity index (χ1v) is 14.3. The number of hydrogen-bond acceptors (Lipinski definition) is 4. The summed E-state index contributed by atoms with van der Waals surface area (Å²) in [4.78, 5) is 27.9. The molecule has 1 aromatic heterocycles. The van der Waals surface area contributed by atoms with E-state index in [1.807, 2.05) is 61.0 Å². The first-order chi connectivity index (χ1) is 16.9. The van der Waals surface area contributed by atoms with Gasteiger partial charge in [0, 0.05) is 64.9 Å². The van der Waals surface area contributed by atoms with E-state index in [9.17, 15) is 9.59 Å². The molecule has 0 radical (unpaired) electrons. The molecule has 5 nitrogen and oxygen atoms in total. The van der Waals surface area contributed by atoms with Gasteiger partial charge in [0.05, 0.1) is 0 Å². The lowest BCUT2D eigenvalue weighted by atomic mass is 9.98. The maximum Gasteiger partial charge on any atom is 0.251 e. The topological polar surface area (TPSA) is 62.1 Å². The fourth-order valence-corrected chi connectivity index (χ4v) is 5.53. The normalized spacial score (nSPS) is 12.0. The highest BCUT2D eigenvalue weighted by molar-refractivity contribution is 7.98. The molecule has 2 amide bonds. The van der Waals surface area contributed by atoms with E-state index in [1.165, 1.54) is 11.4 Å². The summed E-state index contributed by atoms with van der Waals surface area (Å²) in [5.74, 6) is -0.150. The van der Waals surface area contributed by atoms with Crippen LogP contribution in [0.5, 0.6) is 0 Å². The molecule has 2 heterocycles. The third kappa shape index (κ3) is 6.07. The van der Waals surface area contributed by atoms with Gasteiger partial charge in [-0.1, -0.05) is 0 Å². The number of nitrogens with zero attached hydrogens (tertiary/aromatic N) is 1. The van der Waals surface area contributed by atoms with E-state index in [4.69, 9.17) is 0 Å². The van der Waals surface area contributed by atoms with Crippen molar-refractivity contribution in [3.63, 3.8) is 0 Å². The van der Waals surface area contributed by atoms with Crippen molar-refractivity contribution in [2.24, 2.45) is 0 Å². The second-order valence-corrected chi connectivity index (χ2v) is 10.5. The first-order valence-electron chi connectivity index (χ1n) is 11.8. The zero-order valence-corrected chi connectivity index (χ0v) is 23.5. The van der Waals surface area contributed by atoms with Gasteiger partial charge in [0.15, 0.2) is 11.4 Å². The Labute approximate surface area is 228 Å². The quantitative estimate of drug-likeness (QED) is 0.337. The van der Waals surface area contributed by atoms with Crippen LogP contribution in [0.25, 0.3) is 0 Å². The van der Waals surface area contributed by atoms with E-state index in [0.717, 1.165) is 45.9 Å². The Morgan fingerprint density at radius 1 is 0.806 bits per heavy atom. The van der Waals surface area contributed by atoms with Crippen molar-refractivity contribution in [3.05, 3.63) is 87.7 Å². The van der Waals surface area contributed by atoms with Crippen LogP contribution < -0.4 is 27.6 Å². The van der Waals surface area contributed by atoms with Crippen LogP contribution in [-0.2, 0) is 26.1 Å². The van der Waals surface area contributed by atoms with Crippen LogP contribution in [0.15, 0.2) is 58.3 Å². The van der Waals surface area contributed by atoms with E-state index in [1.54, 1.807) is 23.5 Å². The van der Waals surface area contributed by atoms with Gasteiger partial charge in [0.1, 0.15) is 6.54 Å². The molecule has 0 unspecified atom stereocenters. The number of pyridine rings is 1. The molecule has 0 atom stereocenters. The average Bonchev–Trinajstić information content (AvgIpc) is 3.38. The first kappa shape index (κ1) is 28.1. The summed E-state index contributed by atoms with van der Waals surface area (Å²) in [7, 11) is 0. The van der Waals surface area contributed by atoms with Crippen molar-refractivity contribution >= 4 is 35.3 Å². The number of carbonyl (C=O) groups excluding carboxylic acids is 2. The molecule has 1 aliphatic heterocycles. The maximum absolute atomic E-state index is 12.8. The SMILES string of the molecule is CSc1ccc(C(=O)NCc2c(C)c(CNC(=O)c3ccc(SC)cc3)c3[n+](c2C)CCC3)cc1.[Cl-]. The van der Waals surface area contributed by atoms with Crippen molar-refractivity contribution < 1.29 is 26.6 Å². The summed E-state index contributed by atoms with van der Waals surface area (Å²) >= 11 is 3.32. The highest BCUT2D eigenvalue weighted by atomic mass is 35.5. The molecule has 0 bridgehead atoms. The van der Waals surface area contributed by atoms with Gasteiger partial charge in [-0.3, -0.25) is 9.59 Å². The van der Waals surface area contributed by atoms with E-state index in [0.29, 0.717) is 24.2 Å². The molecule has 4 rings (SSSR count). The minimum Gasteiger partial charge on any atom is -1.00 e. The lowest BCUT2D eigenvalue weighted by Gasteiger charge is -2.16. The minimum absolute atomic E-state index is 0. The predicted octanol–water partition coefficient (Wildman–Crippen LogP) is 1.84. The zero-order chi connectivity index (χ0) is 24.9. The number of thioether (sulfide) groups is 2. The summed E-state index contributed by atoms with van der Waals surface area (Å²) in [5.41, 5.74) is 7.24. The third-order valence-corrected chi connectivity index (χ3v) is 8.26. The summed E-state index contributed by atoms with van der Waals surface area (Å²) in [6.07, 6.45) is 6.14. The average molecular weight is 542 g/mol. The Balaban J connectivity index is 0.00000361. The molecule has 2 N–H and O–H groups in total. The van der Waals surface area contributed by atoms with E-state index < -0.39 is 0 Å². The summed E-state index contributed by atoms with van der Waals surface area (Å²) in [6, 6.07) is 15.4. The predicted molar refractivity (Wildman–Crippen MR) is 143 cm³/mol. The molecule has 190 valence electrons. The fourth-order valence-electron chi connectivity index (χ4n) is 4.71. The van der Waals surface area contributed by atoms with E-state index in [2.05, 4.69) is 29.0 Å². The summed E-state index contributed by atoms with van der Waals surface area (Å²) in [5, 5.41) is 6.23. The second-order valence-electron chi connectivity index (χ2n) is 8.69. The lowest BCUT2D eigenvalue weighted by Crippen LogP contribution is -3.00. The molecule has 0 saturated heterocycles. The van der Waals surface area contributed by atoms with Gasteiger partial charge < -0.3 is 23.0 Å². The number of benzene rings is 2. The monoisotopic (exact) mass is 541 g/mol. The molecular formula is C28H32ClN3O2S2. The number of aromatic nitrogens is 1. The van der Waals surface area contributed by atoms with Gasteiger partial charge in [-0.25, -0.2) is 0 Å². The van der Waals surface area contributed by atoms with Crippen molar-refractivity contribution in [1.82, 2.24) is 10.6 Å². The summed E-state index contributed by atoms with van der Waals surface area (Å²) in [6.45, 7) is 6.14. The van der Waals surface area contributed by atoms with Gasteiger partial charge in [-0.2, -0.15) is 4.57 Å². The minimum atomic E-state index is -0.0782. The van der Waals surface area contributed by atoms with Crippen LogP contribution in [0.4, 0.5) is 0 Å². The number of rotatable bonds is 8. The standard InChI is InChI=1S/C28H31N3O2S2.ClH/c1-18-24(16-29-27(32)20-7-11-22(34-3)12-8-20)19(2)31-15-5-6-26(31)25(18)17-30-28(33)21-9-13-23(35-4)14-10-21;/h7-14H,5-6,15-17H2,1-4H3,(H-,29,30,32,33);1H. The number of fused-ring (bicyclic) bond motifs is 1. The molecule has 36 heavy (non-hydrogen) atoms. The lowest BCUT2D eigenvalue weighted by molar-refractivity contribution is -0.697. The summed E-state index contributed by atoms with van der Waals surface area (Å²) < 4.78 is 2.36. The van der Waals surface area contributed by atoms with Gasteiger partial charge >= 0.3 is 0 Å². The fraction of sp³-hybridized carbons (Fsp3) is 0.321. The highest BCUT2D eigenvalue weighted by Crippen LogP contribution is 2.24. The van der Waals surface area contributed by atoms with Crippen LogP contribution in [0, 0.1) is 13.8 Å². The smallest absolute Gasteiger partial charge is 0.251 e. The van der Waals surface area contributed by atoms with Crippen LogP contribution >= 0.6 is 23.5 Å². The van der Waals surface area contributed by atoms with Crippen LogP contribution in [0.3, 0.4) is 0 Å². The van der Waals surface area contributed by atoms with Crippen molar-refractivity contribution in [2.45, 2.75) is 56.1 Å². The third-order valence-electron chi connectivity index (χ3n) is 6.77.